The number of carbonyl (C=O) groups excluding carboxylic acids is 1. The number of benzene rings is 1. The lowest BCUT2D eigenvalue weighted by Crippen LogP contribution is -2.49. The van der Waals surface area contributed by atoms with Gasteiger partial charge < -0.3 is 9.80 Å². The van der Waals surface area contributed by atoms with Gasteiger partial charge in [0.1, 0.15) is 9.90 Å². The van der Waals surface area contributed by atoms with Gasteiger partial charge in [-0.3, -0.25) is 9.59 Å². The first-order chi connectivity index (χ1) is 16.5. The molecule has 0 aliphatic carbocycles. The number of anilines is 1. The topological polar surface area (TPSA) is 97.1 Å². The van der Waals surface area contributed by atoms with Crippen LogP contribution < -0.4 is 10.5 Å². The first kappa shape index (κ1) is 22.2. The van der Waals surface area contributed by atoms with E-state index in [1.807, 2.05) is 30.0 Å². The third kappa shape index (κ3) is 4.17. The van der Waals surface area contributed by atoms with Gasteiger partial charge in [0.05, 0.1) is 23.3 Å². The smallest absolute Gasteiger partial charge is 0.292 e. The molecule has 1 amide bonds. The molecule has 4 heterocycles. The zero-order valence-corrected chi connectivity index (χ0v) is 19.8. The van der Waals surface area contributed by atoms with Crippen molar-refractivity contribution in [1.29, 1.82) is 0 Å². The molecule has 0 bridgehead atoms. The molecule has 11 heteroatoms. The second-order valence-corrected chi connectivity index (χ2v) is 9.06. The Hall–Kier alpha value is -3.63. The molecule has 0 radical (unpaired) electrons. The summed E-state index contributed by atoms with van der Waals surface area (Å²) < 4.78 is 1.28. The third-order valence-electron chi connectivity index (χ3n) is 5.56. The highest BCUT2D eigenvalue weighted by Crippen LogP contribution is 2.28. The number of hydrogen-bond donors (Lipinski definition) is 0. The fourth-order valence-electron chi connectivity index (χ4n) is 3.79. The van der Waals surface area contributed by atoms with Crippen molar-refractivity contribution >= 4 is 34.5 Å². The number of aromatic nitrogens is 5. The van der Waals surface area contributed by atoms with Crippen LogP contribution in [0.1, 0.15) is 15.4 Å². The van der Waals surface area contributed by atoms with E-state index in [4.69, 9.17) is 11.6 Å². The maximum atomic E-state index is 13.2. The summed E-state index contributed by atoms with van der Waals surface area (Å²) in [7, 11) is 0. The summed E-state index contributed by atoms with van der Waals surface area (Å²) in [6, 6.07) is 10.9. The number of nitrogens with zero attached hydrogens (tertiary/aromatic N) is 7. The predicted molar refractivity (Wildman–Crippen MR) is 131 cm³/mol. The average molecular weight is 494 g/mol. The third-order valence-corrected chi connectivity index (χ3v) is 7.05. The molecule has 1 aliphatic heterocycles. The van der Waals surface area contributed by atoms with Gasteiger partial charge in [0.2, 0.25) is 0 Å². The van der Waals surface area contributed by atoms with Crippen LogP contribution in [-0.4, -0.2) is 61.7 Å². The van der Waals surface area contributed by atoms with Crippen molar-refractivity contribution in [1.82, 2.24) is 29.6 Å². The summed E-state index contributed by atoms with van der Waals surface area (Å²) in [4.78, 5) is 43.3. The number of piperazine rings is 1. The fourth-order valence-corrected chi connectivity index (χ4v) is 5.02. The molecule has 0 N–H and O–H groups in total. The average Bonchev–Trinajstić information content (AvgIpc) is 3.28. The molecule has 0 unspecified atom stereocenters. The molecule has 0 atom stereocenters. The number of amides is 1. The van der Waals surface area contributed by atoms with Crippen LogP contribution in [0, 0.1) is 6.92 Å². The number of halogens is 1. The van der Waals surface area contributed by atoms with E-state index >= 15 is 0 Å². The van der Waals surface area contributed by atoms with E-state index in [2.05, 4.69) is 20.1 Å². The van der Waals surface area contributed by atoms with Gasteiger partial charge in [-0.05, 0) is 25.1 Å². The molecular formula is C23H20ClN7O2S. The Balaban J connectivity index is 1.30. The first-order valence-electron chi connectivity index (χ1n) is 10.6. The zero-order valence-electron chi connectivity index (χ0n) is 18.3. The van der Waals surface area contributed by atoms with Gasteiger partial charge in [-0.15, -0.1) is 11.3 Å². The highest BCUT2D eigenvalue weighted by atomic mass is 35.5. The second-order valence-electron chi connectivity index (χ2n) is 7.68. The SMILES string of the molecule is Cc1nc(-c2ncccn2)sc1C(=O)N1CCN(c2cnn(-c3ccccc3)c(=O)c2Cl)CC1. The molecule has 172 valence electrons. The molecule has 1 saturated heterocycles. The molecule has 1 aromatic carbocycles. The Morgan fingerprint density at radius 2 is 1.74 bits per heavy atom. The van der Waals surface area contributed by atoms with E-state index in [-0.39, 0.29) is 16.5 Å². The second kappa shape index (κ2) is 9.32. The summed E-state index contributed by atoms with van der Waals surface area (Å²) in [5.41, 5.74) is 1.51. The summed E-state index contributed by atoms with van der Waals surface area (Å²) >= 11 is 7.74. The summed E-state index contributed by atoms with van der Waals surface area (Å²) in [6.07, 6.45) is 4.91. The number of rotatable bonds is 4. The molecule has 9 nitrogen and oxygen atoms in total. The number of carbonyl (C=O) groups is 1. The molecule has 4 aromatic rings. The fraction of sp³-hybridized carbons (Fsp3) is 0.217. The van der Waals surface area contributed by atoms with E-state index in [1.165, 1.54) is 16.0 Å². The number of hydrogen-bond acceptors (Lipinski definition) is 8. The molecule has 1 fully saturated rings. The van der Waals surface area contributed by atoms with Crippen LogP contribution in [0.25, 0.3) is 16.5 Å². The summed E-state index contributed by atoms with van der Waals surface area (Å²) in [5, 5.41) is 5.05. The zero-order chi connectivity index (χ0) is 23.7. The first-order valence-corrected chi connectivity index (χ1v) is 11.8. The van der Waals surface area contributed by atoms with E-state index in [0.29, 0.717) is 59.0 Å². The van der Waals surface area contributed by atoms with Crippen molar-refractivity contribution in [3.63, 3.8) is 0 Å². The largest absolute Gasteiger partial charge is 0.365 e. The lowest BCUT2D eigenvalue weighted by Gasteiger charge is -2.36. The molecule has 5 rings (SSSR count). The molecule has 3 aromatic heterocycles. The van der Waals surface area contributed by atoms with Gasteiger partial charge in [-0.1, -0.05) is 29.8 Å². The Morgan fingerprint density at radius 3 is 2.44 bits per heavy atom. The van der Waals surface area contributed by atoms with Gasteiger partial charge in [-0.25, -0.2) is 15.0 Å². The molecule has 1 aliphatic rings. The predicted octanol–water partition coefficient (Wildman–Crippen LogP) is 3.07. The summed E-state index contributed by atoms with van der Waals surface area (Å²) in [5.74, 6) is 0.437. The van der Waals surface area contributed by atoms with Crippen LogP contribution in [-0.2, 0) is 0 Å². The summed E-state index contributed by atoms with van der Waals surface area (Å²) in [6.45, 7) is 3.87. The maximum absolute atomic E-state index is 13.2. The Labute approximate surface area is 204 Å². The van der Waals surface area contributed by atoms with Crippen molar-refractivity contribution in [3.8, 4) is 16.5 Å². The van der Waals surface area contributed by atoms with Crippen LogP contribution in [0.15, 0.2) is 59.8 Å². The van der Waals surface area contributed by atoms with Gasteiger partial charge >= 0.3 is 0 Å². The van der Waals surface area contributed by atoms with Crippen LogP contribution in [0.3, 0.4) is 0 Å². The normalized spacial score (nSPS) is 13.8. The highest BCUT2D eigenvalue weighted by molar-refractivity contribution is 7.17. The van der Waals surface area contributed by atoms with E-state index in [9.17, 15) is 9.59 Å². The molecular weight excluding hydrogens is 474 g/mol. The van der Waals surface area contributed by atoms with Crippen LogP contribution in [0.2, 0.25) is 5.02 Å². The quantitative estimate of drug-likeness (QED) is 0.431. The monoisotopic (exact) mass is 493 g/mol. The lowest BCUT2D eigenvalue weighted by atomic mass is 10.2. The Kier molecular flexibility index (Phi) is 6.08. The minimum absolute atomic E-state index is 0.0689. The van der Waals surface area contributed by atoms with E-state index in [1.54, 1.807) is 41.7 Å². The maximum Gasteiger partial charge on any atom is 0.292 e. The van der Waals surface area contributed by atoms with Gasteiger partial charge in [-0.2, -0.15) is 9.78 Å². The van der Waals surface area contributed by atoms with Gasteiger partial charge in [0.15, 0.2) is 10.8 Å². The lowest BCUT2D eigenvalue weighted by molar-refractivity contribution is 0.0750. The van der Waals surface area contributed by atoms with E-state index in [0.717, 1.165) is 0 Å². The van der Waals surface area contributed by atoms with E-state index < -0.39 is 0 Å². The van der Waals surface area contributed by atoms with Gasteiger partial charge in [0, 0.05) is 38.6 Å². The van der Waals surface area contributed by atoms with Crippen LogP contribution in [0.5, 0.6) is 0 Å². The van der Waals surface area contributed by atoms with Crippen molar-refractivity contribution in [2.45, 2.75) is 6.92 Å². The number of para-hydroxylation sites is 1. The highest BCUT2D eigenvalue weighted by Gasteiger charge is 2.27. The molecule has 0 spiro atoms. The number of thiazole rings is 1. The minimum atomic E-state index is -0.375. The Morgan fingerprint density at radius 1 is 1.03 bits per heavy atom. The van der Waals surface area contributed by atoms with Crippen molar-refractivity contribution in [2.75, 3.05) is 31.1 Å². The number of aryl methyl sites for hydroxylation is 1. The van der Waals surface area contributed by atoms with Crippen molar-refractivity contribution in [2.24, 2.45) is 0 Å². The van der Waals surface area contributed by atoms with Crippen molar-refractivity contribution in [3.05, 3.63) is 80.9 Å². The van der Waals surface area contributed by atoms with Gasteiger partial charge in [0.25, 0.3) is 11.5 Å². The Bertz CT molecular complexity index is 1380. The van der Waals surface area contributed by atoms with Crippen LogP contribution >= 0.6 is 22.9 Å². The van der Waals surface area contributed by atoms with Crippen LogP contribution in [0.4, 0.5) is 5.69 Å². The standard InChI is InChI=1S/C23H20ClN7O2S/c1-15-19(34-21(28-15)20-25-8-5-9-26-20)23(33)30-12-10-29(11-13-30)17-14-27-31(22(32)18(17)24)16-6-3-2-4-7-16/h2-9,14H,10-13H2,1H3. The minimum Gasteiger partial charge on any atom is -0.365 e. The van der Waals surface area contributed by atoms with Crippen molar-refractivity contribution < 1.29 is 4.79 Å². The molecule has 34 heavy (non-hydrogen) atoms. The molecule has 0 saturated carbocycles.